The molecule has 3 heterocycles. The fourth-order valence-corrected chi connectivity index (χ4v) is 5.35. The molecule has 0 radical (unpaired) electrons. The van der Waals surface area contributed by atoms with Gasteiger partial charge < -0.3 is 18.9 Å². The van der Waals surface area contributed by atoms with Gasteiger partial charge in [0.1, 0.15) is 11.9 Å². The molecule has 1 aliphatic heterocycles. The van der Waals surface area contributed by atoms with Crippen molar-refractivity contribution in [3.05, 3.63) is 102 Å². The molecule has 0 saturated carbocycles. The molecule has 0 fully saturated rings. The number of aryl methyl sites for hydroxylation is 1. The predicted molar refractivity (Wildman–Crippen MR) is 137 cm³/mol. The van der Waals surface area contributed by atoms with Gasteiger partial charge >= 0.3 is 0 Å². The summed E-state index contributed by atoms with van der Waals surface area (Å²) in [4.78, 5) is 17.2. The fourth-order valence-electron chi connectivity index (χ4n) is 4.40. The predicted octanol–water partition coefficient (Wildman–Crippen LogP) is 6.34. The summed E-state index contributed by atoms with van der Waals surface area (Å²) in [6.45, 7) is 2.37. The Balaban J connectivity index is 1.29. The van der Waals surface area contributed by atoms with Crippen LogP contribution in [0.2, 0.25) is 0 Å². The van der Waals surface area contributed by atoms with Gasteiger partial charge in [0.2, 0.25) is 6.10 Å². The lowest BCUT2D eigenvalue weighted by Gasteiger charge is -2.23. The van der Waals surface area contributed by atoms with E-state index in [9.17, 15) is 4.79 Å². The summed E-state index contributed by atoms with van der Waals surface area (Å²) in [6, 6.07) is 23.2. The second-order valence-electron chi connectivity index (χ2n) is 8.44. The maximum atomic E-state index is 13.9. The maximum Gasteiger partial charge on any atom is 0.277 e. The molecule has 36 heavy (non-hydrogen) atoms. The van der Waals surface area contributed by atoms with E-state index in [0.29, 0.717) is 28.2 Å². The number of Topliss-reactive ketones (excluding diaryl/α,β-unsaturated/α-hetero) is 1. The van der Waals surface area contributed by atoms with Gasteiger partial charge in [0.15, 0.2) is 17.3 Å². The largest absolute Gasteiger partial charge is 0.485 e. The van der Waals surface area contributed by atoms with E-state index in [1.807, 2.05) is 66.7 Å². The van der Waals surface area contributed by atoms with Crippen LogP contribution in [0.5, 0.6) is 11.5 Å². The molecule has 0 spiro atoms. The van der Waals surface area contributed by atoms with Crippen molar-refractivity contribution in [1.29, 1.82) is 0 Å². The molecule has 8 heteroatoms. The van der Waals surface area contributed by atoms with Crippen LogP contribution in [-0.2, 0) is 6.42 Å². The lowest BCUT2D eigenvalue weighted by Crippen LogP contribution is -2.21. The van der Waals surface area contributed by atoms with E-state index in [1.54, 1.807) is 6.20 Å². The van der Waals surface area contributed by atoms with Crippen LogP contribution in [0.4, 0.5) is 0 Å². The number of ketones is 1. The summed E-state index contributed by atoms with van der Waals surface area (Å²) < 4.78 is 17.7. The number of fused-ring (bicyclic) bond motifs is 2. The first kappa shape index (κ1) is 22.4. The minimum absolute atomic E-state index is 0.0309. The number of carbonyl (C=O) groups excluding carboxylic acids is 1. The van der Waals surface area contributed by atoms with Gasteiger partial charge in [-0.1, -0.05) is 67.6 Å². The molecular formula is C28H23N3O4S. The zero-order valence-corrected chi connectivity index (χ0v) is 20.3. The first-order chi connectivity index (χ1) is 17.7. The summed E-state index contributed by atoms with van der Waals surface area (Å²) in [6.07, 6.45) is 2.16. The van der Waals surface area contributed by atoms with Crippen LogP contribution in [-0.4, -0.2) is 27.6 Å². The Morgan fingerprint density at radius 1 is 1.03 bits per heavy atom. The number of carbonyl (C=O) groups is 1. The molecule has 1 aliphatic rings. The average molecular weight is 498 g/mol. The van der Waals surface area contributed by atoms with E-state index in [1.165, 1.54) is 17.3 Å². The van der Waals surface area contributed by atoms with Crippen molar-refractivity contribution in [2.45, 2.75) is 29.9 Å². The van der Waals surface area contributed by atoms with Crippen LogP contribution in [0.3, 0.4) is 0 Å². The van der Waals surface area contributed by atoms with Gasteiger partial charge in [-0.2, -0.15) is 0 Å². The summed E-state index contributed by atoms with van der Waals surface area (Å²) in [5.41, 5.74) is 3.67. The monoisotopic (exact) mass is 497 g/mol. The normalized spacial score (nSPS) is 15.6. The number of benzene rings is 3. The molecule has 0 bridgehead atoms. The highest BCUT2D eigenvalue weighted by atomic mass is 32.2. The fraction of sp³-hybridized carbons (Fsp3) is 0.179. The Hall–Kier alpha value is -4.04. The zero-order chi connectivity index (χ0) is 24.5. The third-order valence-corrected chi connectivity index (χ3v) is 7.30. The topological polar surface area (TPSA) is 90.2 Å². The molecule has 0 saturated heterocycles. The molecule has 7 nitrogen and oxygen atoms in total. The molecule has 6 rings (SSSR count). The van der Waals surface area contributed by atoms with E-state index >= 15 is 0 Å². The van der Waals surface area contributed by atoms with Crippen molar-refractivity contribution in [3.63, 3.8) is 0 Å². The van der Waals surface area contributed by atoms with Crippen molar-refractivity contribution >= 4 is 28.4 Å². The van der Waals surface area contributed by atoms with Gasteiger partial charge in [-0.05, 0) is 41.4 Å². The number of nitrogens with one attached hydrogen (secondary N) is 1. The maximum absolute atomic E-state index is 13.9. The number of rotatable bonds is 7. The Kier molecular flexibility index (Phi) is 5.95. The van der Waals surface area contributed by atoms with Crippen molar-refractivity contribution in [1.82, 2.24) is 15.2 Å². The van der Waals surface area contributed by atoms with Gasteiger partial charge in [0.25, 0.3) is 11.1 Å². The highest BCUT2D eigenvalue weighted by Crippen LogP contribution is 2.40. The Labute approximate surface area is 211 Å². The summed E-state index contributed by atoms with van der Waals surface area (Å²) in [5, 5.41) is 9.06. The van der Waals surface area contributed by atoms with Crippen LogP contribution in [0.25, 0.3) is 10.9 Å². The number of hydrogen-bond acceptors (Lipinski definition) is 7. The molecule has 2 atom stereocenters. The quantitative estimate of drug-likeness (QED) is 0.207. The lowest BCUT2D eigenvalue weighted by molar-refractivity contribution is 0.0686. The summed E-state index contributed by atoms with van der Waals surface area (Å²) in [7, 11) is 0. The van der Waals surface area contributed by atoms with Crippen LogP contribution in [0.1, 0.15) is 45.7 Å². The molecule has 0 aliphatic carbocycles. The first-order valence-corrected chi connectivity index (χ1v) is 12.7. The number of hydrogen-bond donors (Lipinski definition) is 1. The Morgan fingerprint density at radius 3 is 2.67 bits per heavy atom. The molecule has 2 aromatic heterocycles. The standard InChI is InChI=1S/C28H23N3O4S/c1-2-17-11-8-12-19-20(15-29-24(17)19)25(32)26(18-9-4-3-5-10-18)36-28-31-30-27(35-28)23-16-33-21-13-6-7-14-22(21)34-23/h3-15,23,26,29H,2,16H2,1H3. The van der Waals surface area contributed by atoms with Gasteiger partial charge in [-0.25, -0.2) is 0 Å². The third kappa shape index (κ3) is 4.13. The first-order valence-electron chi connectivity index (χ1n) is 11.8. The van der Waals surface area contributed by atoms with E-state index in [4.69, 9.17) is 13.9 Å². The van der Waals surface area contributed by atoms with Gasteiger partial charge in [-0.3, -0.25) is 4.79 Å². The SMILES string of the molecule is CCc1cccc2c(C(=O)C(Sc3nnc(C4COc5ccccc5O4)o3)c3ccccc3)c[nH]c12. The molecule has 0 amide bonds. The minimum Gasteiger partial charge on any atom is -0.485 e. The molecule has 5 aromatic rings. The second kappa shape index (κ2) is 9.54. The molecule has 1 N–H and O–H groups in total. The smallest absolute Gasteiger partial charge is 0.277 e. The highest BCUT2D eigenvalue weighted by Gasteiger charge is 2.31. The van der Waals surface area contributed by atoms with Crippen LogP contribution in [0.15, 0.2) is 88.6 Å². The summed E-state index contributed by atoms with van der Waals surface area (Å²) >= 11 is 1.24. The lowest BCUT2D eigenvalue weighted by atomic mass is 10.0. The minimum atomic E-state index is -0.562. The molecule has 3 aromatic carbocycles. The number of H-pyrrole nitrogens is 1. The number of para-hydroxylation sites is 3. The van der Waals surface area contributed by atoms with Crippen LogP contribution < -0.4 is 9.47 Å². The number of ether oxygens (including phenoxy) is 2. The van der Waals surface area contributed by atoms with Gasteiger partial charge in [0, 0.05) is 22.7 Å². The van der Waals surface area contributed by atoms with Gasteiger partial charge in [0.05, 0.1) is 0 Å². The van der Waals surface area contributed by atoms with E-state index in [2.05, 4.69) is 28.2 Å². The molecular weight excluding hydrogens is 474 g/mol. The number of thioether (sulfide) groups is 1. The van der Waals surface area contributed by atoms with Crippen molar-refractivity contribution in [2.75, 3.05) is 6.61 Å². The number of aromatic amines is 1. The average Bonchev–Trinajstić information content (AvgIpc) is 3.59. The van der Waals surface area contributed by atoms with E-state index in [0.717, 1.165) is 22.9 Å². The van der Waals surface area contributed by atoms with Gasteiger partial charge in [-0.15, -0.1) is 10.2 Å². The number of aromatic nitrogens is 3. The molecule has 180 valence electrons. The van der Waals surface area contributed by atoms with Crippen LogP contribution in [0, 0.1) is 0 Å². The molecule has 2 unspecified atom stereocenters. The summed E-state index contributed by atoms with van der Waals surface area (Å²) in [5.74, 6) is 1.59. The van der Waals surface area contributed by atoms with Crippen molar-refractivity contribution < 1.29 is 18.7 Å². The number of nitrogens with zero attached hydrogens (tertiary/aromatic N) is 2. The Bertz CT molecular complexity index is 1530. The Morgan fingerprint density at radius 2 is 1.83 bits per heavy atom. The third-order valence-electron chi connectivity index (χ3n) is 6.21. The van der Waals surface area contributed by atoms with E-state index < -0.39 is 11.4 Å². The van der Waals surface area contributed by atoms with Crippen LogP contribution >= 0.6 is 11.8 Å². The van der Waals surface area contributed by atoms with Crippen molar-refractivity contribution in [2.24, 2.45) is 0 Å². The van der Waals surface area contributed by atoms with Crippen molar-refractivity contribution in [3.8, 4) is 11.5 Å². The van der Waals surface area contributed by atoms with E-state index in [-0.39, 0.29) is 12.4 Å². The highest BCUT2D eigenvalue weighted by molar-refractivity contribution is 8.00. The zero-order valence-electron chi connectivity index (χ0n) is 19.5. The second-order valence-corrected chi connectivity index (χ2v) is 9.50.